The number of hydrogen-bond donors (Lipinski definition) is 2. The van der Waals surface area contributed by atoms with Crippen molar-refractivity contribution in [3.05, 3.63) is 46.1 Å². The number of H-pyrrole nitrogens is 1. The van der Waals surface area contributed by atoms with E-state index in [0.717, 1.165) is 19.0 Å². The Balaban J connectivity index is 1.51. The van der Waals surface area contributed by atoms with Crippen LogP contribution in [0.4, 0.5) is 38.1 Å². The van der Waals surface area contributed by atoms with Crippen LogP contribution in [0.3, 0.4) is 0 Å². The lowest BCUT2D eigenvalue weighted by Crippen LogP contribution is -2.59. The van der Waals surface area contributed by atoms with Gasteiger partial charge in [-0.15, -0.1) is 0 Å². The molecule has 2 amide bonds. The summed E-state index contributed by atoms with van der Waals surface area (Å²) in [6.45, 7) is 1.23. The first-order valence-corrected chi connectivity index (χ1v) is 10.5. The average molecular weight is 499 g/mol. The molecule has 1 aliphatic rings. The Kier molecular flexibility index (Phi) is 5.93. The topological polar surface area (TPSA) is 99.2 Å². The highest BCUT2D eigenvalue weighted by atomic mass is 19.4. The summed E-state index contributed by atoms with van der Waals surface area (Å²) in [5, 5.41) is 9.53. The number of halogens is 5. The van der Waals surface area contributed by atoms with Crippen molar-refractivity contribution in [3.63, 3.8) is 0 Å². The molecule has 0 saturated carbocycles. The Labute approximate surface area is 195 Å². The molecule has 1 aliphatic heterocycles. The highest BCUT2D eigenvalue weighted by molar-refractivity contribution is 5.89. The number of piperidine rings is 1. The lowest BCUT2D eigenvalue weighted by Gasteiger charge is -2.42. The number of nitrogens with one attached hydrogen (secondary N) is 2. The van der Waals surface area contributed by atoms with E-state index in [1.165, 1.54) is 11.1 Å². The monoisotopic (exact) mass is 499 g/mol. The average Bonchev–Trinajstić information content (AvgIpc) is 3.15. The molecule has 3 aromatic rings. The zero-order chi connectivity index (χ0) is 25.7. The molecule has 4 rings (SSSR count). The number of aryl methyl sites for hydroxylation is 2. The predicted molar refractivity (Wildman–Crippen MR) is 118 cm³/mol. The van der Waals surface area contributed by atoms with E-state index in [0.29, 0.717) is 39.2 Å². The van der Waals surface area contributed by atoms with Crippen LogP contribution < -0.4 is 15.8 Å². The van der Waals surface area contributed by atoms with Crippen LogP contribution in [0.1, 0.15) is 17.7 Å². The maximum Gasteiger partial charge on any atom is 0.417 e. The van der Waals surface area contributed by atoms with Gasteiger partial charge in [0.05, 0.1) is 29.7 Å². The number of carbonyl (C=O) groups excluding carboxylic acids is 1. The minimum atomic E-state index is -4.76. The van der Waals surface area contributed by atoms with Crippen molar-refractivity contribution in [1.82, 2.24) is 24.6 Å². The zero-order valence-electron chi connectivity index (χ0n) is 19.0. The van der Waals surface area contributed by atoms with Gasteiger partial charge < -0.3 is 19.7 Å². The highest BCUT2D eigenvalue weighted by Crippen LogP contribution is 2.34. The Morgan fingerprint density at radius 1 is 1.31 bits per heavy atom. The first-order valence-electron chi connectivity index (χ1n) is 10.5. The summed E-state index contributed by atoms with van der Waals surface area (Å²) in [6, 6.07) is -0.467. The minimum Gasteiger partial charge on any atom is -0.364 e. The first kappa shape index (κ1) is 24.4. The third-order valence-electron chi connectivity index (χ3n) is 6.06. The van der Waals surface area contributed by atoms with Gasteiger partial charge in [-0.25, -0.2) is 18.6 Å². The van der Waals surface area contributed by atoms with Crippen molar-refractivity contribution >= 4 is 28.4 Å². The van der Waals surface area contributed by atoms with Gasteiger partial charge in [-0.3, -0.25) is 9.89 Å². The predicted octanol–water partition coefficient (Wildman–Crippen LogP) is 3.36. The number of fused-ring (bicyclic) bond motifs is 1. The van der Waals surface area contributed by atoms with Crippen molar-refractivity contribution < 1.29 is 26.7 Å². The molecule has 0 radical (unpaired) electrons. The van der Waals surface area contributed by atoms with Gasteiger partial charge in [0.1, 0.15) is 11.7 Å². The van der Waals surface area contributed by atoms with Crippen LogP contribution in [0.2, 0.25) is 0 Å². The third kappa shape index (κ3) is 4.64. The number of aromatic amines is 1. The normalized spacial score (nSPS) is 18.1. The van der Waals surface area contributed by atoms with Crippen molar-refractivity contribution in [2.75, 3.05) is 30.4 Å². The van der Waals surface area contributed by atoms with Crippen LogP contribution in [0.25, 0.3) is 11.0 Å². The van der Waals surface area contributed by atoms with Crippen molar-refractivity contribution in [2.24, 2.45) is 7.05 Å². The molecule has 1 fully saturated rings. The third-order valence-corrected chi connectivity index (χ3v) is 6.06. The van der Waals surface area contributed by atoms with E-state index in [9.17, 15) is 22.8 Å². The number of nitrogens with zero attached hydrogens (tertiary/aromatic N) is 5. The summed E-state index contributed by atoms with van der Waals surface area (Å²) >= 11 is 0. The minimum absolute atomic E-state index is 0.125. The lowest BCUT2D eigenvalue weighted by molar-refractivity contribution is -0.138. The summed E-state index contributed by atoms with van der Waals surface area (Å²) in [5.74, 6) is -3.36. The fraction of sp³-hybridized carbons (Fsp3) is 0.429. The van der Waals surface area contributed by atoms with Gasteiger partial charge in [-0.05, 0) is 25.5 Å². The molecule has 14 heteroatoms. The van der Waals surface area contributed by atoms with Gasteiger partial charge in [-0.1, -0.05) is 0 Å². The molecule has 0 bridgehead atoms. The van der Waals surface area contributed by atoms with E-state index in [1.54, 1.807) is 13.0 Å². The molecular formula is C21H22F5N7O2. The van der Waals surface area contributed by atoms with Crippen molar-refractivity contribution in [3.8, 4) is 0 Å². The van der Waals surface area contributed by atoms with Crippen LogP contribution in [0.15, 0.2) is 29.3 Å². The number of anilines is 2. The number of alkyl halides is 5. The Morgan fingerprint density at radius 2 is 2.03 bits per heavy atom. The molecule has 0 aromatic carbocycles. The lowest BCUT2D eigenvalue weighted by atomic mass is 9.99. The zero-order valence-corrected chi connectivity index (χ0v) is 19.0. The molecule has 0 spiro atoms. The summed E-state index contributed by atoms with van der Waals surface area (Å²) in [5.41, 5.74) is -1.04. The maximum absolute atomic E-state index is 15.1. The van der Waals surface area contributed by atoms with Gasteiger partial charge in [-0.2, -0.15) is 18.3 Å². The molecule has 0 aliphatic carbocycles. The van der Waals surface area contributed by atoms with Crippen LogP contribution in [0.5, 0.6) is 0 Å². The van der Waals surface area contributed by atoms with E-state index < -0.39 is 47.5 Å². The quantitative estimate of drug-likeness (QED) is 0.539. The number of rotatable bonds is 3. The second-order valence-corrected chi connectivity index (χ2v) is 8.48. The van der Waals surface area contributed by atoms with Gasteiger partial charge in [0, 0.05) is 32.2 Å². The molecule has 188 valence electrons. The van der Waals surface area contributed by atoms with Gasteiger partial charge >= 0.3 is 12.2 Å². The number of hydrogen-bond acceptors (Lipinski definition) is 5. The summed E-state index contributed by atoms with van der Waals surface area (Å²) in [6.07, 6.45) is -2.84. The summed E-state index contributed by atoms with van der Waals surface area (Å²) in [7, 11) is 2.21. The number of urea groups is 1. The van der Waals surface area contributed by atoms with Crippen LogP contribution in [-0.2, 0) is 13.2 Å². The Bertz CT molecular complexity index is 1330. The van der Waals surface area contributed by atoms with Gasteiger partial charge in [0.25, 0.3) is 11.5 Å². The van der Waals surface area contributed by atoms with Gasteiger partial charge in [0.2, 0.25) is 0 Å². The van der Waals surface area contributed by atoms with E-state index in [-0.39, 0.29) is 13.0 Å². The number of aromatic nitrogens is 4. The largest absolute Gasteiger partial charge is 0.417 e. The van der Waals surface area contributed by atoms with Crippen LogP contribution in [-0.4, -0.2) is 62.8 Å². The first-order chi connectivity index (χ1) is 16.3. The summed E-state index contributed by atoms with van der Waals surface area (Å²) < 4.78 is 70.2. The fourth-order valence-electron chi connectivity index (χ4n) is 4.12. The Hall–Kier alpha value is -3.71. The molecule has 1 saturated heterocycles. The number of carbonyl (C=O) groups is 1. The van der Waals surface area contributed by atoms with E-state index in [1.807, 2.05) is 0 Å². The smallest absolute Gasteiger partial charge is 0.364 e. The second kappa shape index (κ2) is 8.50. The van der Waals surface area contributed by atoms with E-state index in [2.05, 4.69) is 20.5 Å². The van der Waals surface area contributed by atoms with E-state index in [4.69, 9.17) is 0 Å². The molecule has 3 aromatic heterocycles. The standard InChI is InChI=1S/C21H22F5N7O2/c1-11-14-7-13(8-27-17(14)30-29-11)33-5-4-16(20(22,23)10-33)32(3)19(35)28-15-6-12(21(24,25)26)9-31(2)18(15)34/h6-9,16H,4-5,10H2,1-3H3,(H,28,35)(H,27,29,30)/t16-/m0/s1. The van der Waals surface area contributed by atoms with Crippen molar-refractivity contribution in [1.29, 1.82) is 0 Å². The second-order valence-electron chi connectivity index (χ2n) is 8.48. The highest BCUT2D eigenvalue weighted by Gasteiger charge is 2.48. The van der Waals surface area contributed by atoms with Crippen LogP contribution in [0, 0.1) is 6.92 Å². The molecule has 35 heavy (non-hydrogen) atoms. The number of amides is 2. The molecule has 2 N–H and O–H groups in total. The number of pyridine rings is 2. The fourth-order valence-corrected chi connectivity index (χ4v) is 4.12. The molecule has 0 unspecified atom stereocenters. The SMILES string of the molecule is Cc1n[nH]c2ncc(N3CC[C@H](N(C)C(=O)Nc4cc(C(F)(F)F)cn(C)c4=O)C(F)(F)C3)cc12. The van der Waals surface area contributed by atoms with E-state index >= 15 is 8.78 Å². The Morgan fingerprint density at radius 3 is 2.69 bits per heavy atom. The van der Waals surface area contributed by atoms with Crippen LogP contribution >= 0.6 is 0 Å². The van der Waals surface area contributed by atoms with Crippen molar-refractivity contribution in [2.45, 2.75) is 31.5 Å². The van der Waals surface area contributed by atoms with Gasteiger partial charge in [0.15, 0.2) is 5.65 Å². The maximum atomic E-state index is 15.1. The molecule has 4 heterocycles. The molecule has 9 nitrogen and oxygen atoms in total. The molecular weight excluding hydrogens is 477 g/mol. The summed E-state index contributed by atoms with van der Waals surface area (Å²) in [4.78, 5) is 31.2. The molecule has 1 atom stereocenters.